The van der Waals surface area contributed by atoms with Gasteiger partial charge >= 0.3 is 0 Å². The number of carbonyl (C=O) groups is 1. The van der Waals surface area contributed by atoms with Crippen molar-refractivity contribution in [1.29, 1.82) is 0 Å². The molecule has 0 aliphatic carbocycles. The van der Waals surface area contributed by atoms with Crippen molar-refractivity contribution in [1.82, 2.24) is 29.1 Å². The molecule has 1 amide bonds. The average Bonchev–Trinajstić information content (AvgIpc) is 3.14. The van der Waals surface area contributed by atoms with Crippen LogP contribution < -0.4 is 5.56 Å². The first-order valence-corrected chi connectivity index (χ1v) is 11.6. The Bertz CT molecular complexity index is 1140. The number of carbonyl (C=O) groups excluding carboxylic acids is 1. The number of aromatic nitrogens is 4. The smallest absolute Gasteiger partial charge is 0.273 e. The maximum Gasteiger partial charge on any atom is 0.273 e. The summed E-state index contributed by atoms with van der Waals surface area (Å²) in [4.78, 5) is 35.0. The minimum atomic E-state index is -0.141. The SMILES string of the molecule is CCCN1CCN(C(=O)CCc2nc3c(C)nn(-c4ccccc4)c3n(CC)c2=O)CC1. The van der Waals surface area contributed by atoms with Gasteiger partial charge in [-0.05, 0) is 38.9 Å². The molecule has 2 aromatic heterocycles. The Balaban J connectivity index is 1.57. The molecule has 0 bridgehead atoms. The van der Waals surface area contributed by atoms with Crippen molar-refractivity contribution in [3.63, 3.8) is 0 Å². The number of hydrogen-bond acceptors (Lipinski definition) is 5. The maximum atomic E-state index is 13.2. The third kappa shape index (κ3) is 4.32. The summed E-state index contributed by atoms with van der Waals surface area (Å²) in [7, 11) is 0. The molecule has 8 heteroatoms. The summed E-state index contributed by atoms with van der Waals surface area (Å²) in [5.74, 6) is 0.0993. The monoisotopic (exact) mass is 436 g/mol. The number of piperazine rings is 1. The van der Waals surface area contributed by atoms with Crippen molar-refractivity contribution in [3.05, 3.63) is 52.1 Å². The Labute approximate surface area is 188 Å². The van der Waals surface area contributed by atoms with Crippen LogP contribution in [0, 0.1) is 6.92 Å². The lowest BCUT2D eigenvalue weighted by Gasteiger charge is -2.34. The van der Waals surface area contributed by atoms with Crippen LogP contribution in [-0.4, -0.2) is 67.8 Å². The van der Waals surface area contributed by atoms with E-state index in [0.717, 1.165) is 50.5 Å². The van der Waals surface area contributed by atoms with Crippen molar-refractivity contribution in [2.24, 2.45) is 0 Å². The second-order valence-electron chi connectivity index (χ2n) is 8.34. The second kappa shape index (κ2) is 9.65. The number of nitrogens with zero attached hydrogens (tertiary/aromatic N) is 6. The highest BCUT2D eigenvalue weighted by molar-refractivity contribution is 5.77. The Morgan fingerprint density at radius 2 is 1.78 bits per heavy atom. The average molecular weight is 437 g/mol. The number of para-hydroxylation sites is 1. The highest BCUT2D eigenvalue weighted by atomic mass is 16.2. The van der Waals surface area contributed by atoms with Gasteiger partial charge in [0.25, 0.3) is 5.56 Å². The van der Waals surface area contributed by atoms with Crippen LogP contribution in [0.15, 0.2) is 35.1 Å². The molecule has 170 valence electrons. The maximum absolute atomic E-state index is 13.2. The highest BCUT2D eigenvalue weighted by Gasteiger charge is 2.22. The van der Waals surface area contributed by atoms with Crippen molar-refractivity contribution >= 4 is 17.1 Å². The van der Waals surface area contributed by atoms with Crippen LogP contribution in [0.5, 0.6) is 0 Å². The molecule has 1 aromatic carbocycles. The molecule has 0 atom stereocenters. The van der Waals surface area contributed by atoms with E-state index in [-0.39, 0.29) is 11.5 Å². The Hall–Kier alpha value is -3.00. The molecule has 1 saturated heterocycles. The van der Waals surface area contributed by atoms with E-state index in [1.807, 2.05) is 49.1 Å². The number of rotatable bonds is 7. The zero-order valence-electron chi connectivity index (χ0n) is 19.3. The summed E-state index contributed by atoms with van der Waals surface area (Å²) in [5.41, 5.74) is 3.37. The van der Waals surface area contributed by atoms with E-state index >= 15 is 0 Å². The lowest BCUT2D eigenvalue weighted by atomic mass is 10.2. The standard InChI is InChI=1S/C24H32N6O2/c1-4-13-27-14-16-28(17-15-27)21(31)12-11-20-24(32)29(5-2)23-22(25-20)18(3)26-30(23)19-9-7-6-8-10-19/h6-10H,4-5,11-17H2,1-3H3. The van der Waals surface area contributed by atoms with Gasteiger partial charge in [-0.1, -0.05) is 25.1 Å². The molecule has 0 N–H and O–H groups in total. The molecule has 1 aliphatic rings. The van der Waals surface area contributed by atoms with E-state index in [0.29, 0.717) is 36.2 Å². The Kier molecular flexibility index (Phi) is 6.69. The fourth-order valence-corrected chi connectivity index (χ4v) is 4.44. The van der Waals surface area contributed by atoms with Crippen LogP contribution in [0.4, 0.5) is 0 Å². The van der Waals surface area contributed by atoms with Gasteiger partial charge in [0.1, 0.15) is 11.2 Å². The summed E-state index contributed by atoms with van der Waals surface area (Å²) in [6, 6.07) is 9.77. The fraction of sp³-hybridized carbons (Fsp3) is 0.500. The summed E-state index contributed by atoms with van der Waals surface area (Å²) >= 11 is 0. The van der Waals surface area contributed by atoms with E-state index < -0.39 is 0 Å². The van der Waals surface area contributed by atoms with Crippen molar-refractivity contribution in [3.8, 4) is 5.69 Å². The van der Waals surface area contributed by atoms with Crippen LogP contribution in [0.1, 0.15) is 38.1 Å². The number of amides is 1. The van der Waals surface area contributed by atoms with Crippen LogP contribution in [0.25, 0.3) is 16.9 Å². The summed E-state index contributed by atoms with van der Waals surface area (Å²) in [6.07, 6.45) is 1.78. The lowest BCUT2D eigenvalue weighted by Crippen LogP contribution is -2.48. The second-order valence-corrected chi connectivity index (χ2v) is 8.34. The van der Waals surface area contributed by atoms with Gasteiger partial charge in [0.2, 0.25) is 5.91 Å². The van der Waals surface area contributed by atoms with Crippen LogP contribution in [-0.2, 0) is 17.8 Å². The molecule has 0 spiro atoms. The Morgan fingerprint density at radius 1 is 1.06 bits per heavy atom. The molecule has 1 fully saturated rings. The number of fused-ring (bicyclic) bond motifs is 1. The molecule has 8 nitrogen and oxygen atoms in total. The van der Waals surface area contributed by atoms with E-state index in [2.05, 4.69) is 21.9 Å². The van der Waals surface area contributed by atoms with Gasteiger partial charge in [-0.25, -0.2) is 9.67 Å². The van der Waals surface area contributed by atoms with E-state index in [1.54, 1.807) is 9.25 Å². The molecule has 0 saturated carbocycles. The van der Waals surface area contributed by atoms with Crippen molar-refractivity contribution in [2.75, 3.05) is 32.7 Å². The minimum absolute atomic E-state index is 0.0993. The number of benzene rings is 1. The van der Waals surface area contributed by atoms with Gasteiger partial charge in [-0.3, -0.25) is 19.1 Å². The van der Waals surface area contributed by atoms with E-state index in [1.165, 1.54) is 0 Å². The van der Waals surface area contributed by atoms with Crippen molar-refractivity contribution < 1.29 is 4.79 Å². The molecule has 3 aromatic rings. The van der Waals surface area contributed by atoms with Crippen LogP contribution >= 0.6 is 0 Å². The molecular weight excluding hydrogens is 404 g/mol. The van der Waals surface area contributed by atoms with Gasteiger partial charge < -0.3 is 4.90 Å². The largest absolute Gasteiger partial charge is 0.340 e. The van der Waals surface area contributed by atoms with E-state index in [9.17, 15) is 9.59 Å². The highest BCUT2D eigenvalue weighted by Crippen LogP contribution is 2.20. The predicted molar refractivity (Wildman–Crippen MR) is 125 cm³/mol. The van der Waals surface area contributed by atoms with Crippen LogP contribution in [0.2, 0.25) is 0 Å². The van der Waals surface area contributed by atoms with Gasteiger partial charge in [-0.15, -0.1) is 0 Å². The topological polar surface area (TPSA) is 76.3 Å². The normalized spacial score (nSPS) is 14.9. The van der Waals surface area contributed by atoms with Gasteiger partial charge in [0.05, 0.1) is 11.4 Å². The Morgan fingerprint density at radius 3 is 2.44 bits per heavy atom. The molecule has 1 aliphatic heterocycles. The minimum Gasteiger partial charge on any atom is -0.340 e. The zero-order valence-corrected chi connectivity index (χ0v) is 19.3. The zero-order chi connectivity index (χ0) is 22.7. The van der Waals surface area contributed by atoms with Gasteiger partial charge in [-0.2, -0.15) is 5.10 Å². The summed E-state index contributed by atoms with van der Waals surface area (Å²) in [5, 5.41) is 4.66. The van der Waals surface area contributed by atoms with Crippen molar-refractivity contribution in [2.45, 2.75) is 46.6 Å². The fourth-order valence-electron chi connectivity index (χ4n) is 4.44. The number of hydrogen-bond donors (Lipinski definition) is 0. The predicted octanol–water partition coefficient (Wildman–Crippen LogP) is 2.40. The quantitative estimate of drug-likeness (QED) is 0.569. The van der Waals surface area contributed by atoms with Crippen LogP contribution in [0.3, 0.4) is 0 Å². The molecule has 4 rings (SSSR count). The van der Waals surface area contributed by atoms with Gasteiger partial charge in [0.15, 0.2) is 5.65 Å². The molecule has 32 heavy (non-hydrogen) atoms. The first-order valence-electron chi connectivity index (χ1n) is 11.6. The number of aryl methyl sites for hydroxylation is 3. The first-order chi connectivity index (χ1) is 15.5. The summed E-state index contributed by atoms with van der Waals surface area (Å²) < 4.78 is 3.51. The van der Waals surface area contributed by atoms with E-state index in [4.69, 9.17) is 0 Å². The first kappa shape index (κ1) is 22.2. The molecule has 0 unspecified atom stereocenters. The molecular formula is C24H32N6O2. The third-order valence-corrected chi connectivity index (χ3v) is 6.16. The molecule has 0 radical (unpaired) electrons. The lowest BCUT2D eigenvalue weighted by molar-refractivity contribution is -0.132. The van der Waals surface area contributed by atoms with Gasteiger partial charge in [0, 0.05) is 45.6 Å². The molecule has 3 heterocycles. The summed E-state index contributed by atoms with van der Waals surface area (Å²) in [6.45, 7) is 11.0. The third-order valence-electron chi connectivity index (χ3n) is 6.16.